The molecule has 0 spiro atoms. The maximum Gasteiger partial charge on any atom is 0.130 e. The number of hydrogen-bond acceptors (Lipinski definition) is 1. The van der Waals surface area contributed by atoms with Crippen LogP contribution in [0.1, 0.15) is 21.5 Å². The molecule has 0 aliphatic heterocycles. The fraction of sp³-hybridized carbons (Fsp3) is 0.200. The van der Waals surface area contributed by atoms with Crippen molar-refractivity contribution in [2.24, 2.45) is 0 Å². The Labute approximate surface area is 119 Å². The highest BCUT2D eigenvalue weighted by Crippen LogP contribution is 2.38. The molecule has 1 unspecified atom stereocenters. The molecule has 100 valence electrons. The molecule has 2 aromatic carbocycles. The Morgan fingerprint density at radius 1 is 1.05 bits per heavy atom. The van der Waals surface area contributed by atoms with Gasteiger partial charge in [0, 0.05) is 17.2 Å². The summed E-state index contributed by atoms with van der Waals surface area (Å²) in [6, 6.07) is 9.76. The molecule has 0 saturated carbocycles. The maximum absolute atomic E-state index is 13.9. The fourth-order valence-corrected chi connectivity index (χ4v) is 2.65. The van der Waals surface area contributed by atoms with E-state index in [-0.39, 0.29) is 4.83 Å². The van der Waals surface area contributed by atoms with E-state index < -0.39 is 11.6 Å². The van der Waals surface area contributed by atoms with Gasteiger partial charge in [0.05, 0.1) is 11.9 Å². The first kappa shape index (κ1) is 14.0. The molecule has 0 amide bonds. The quantitative estimate of drug-likeness (QED) is 0.738. The summed E-state index contributed by atoms with van der Waals surface area (Å²) in [6.07, 6.45) is 0. The van der Waals surface area contributed by atoms with Crippen molar-refractivity contribution in [1.82, 2.24) is 0 Å². The summed E-state index contributed by atoms with van der Waals surface area (Å²) in [5, 5.41) is 0. The van der Waals surface area contributed by atoms with Gasteiger partial charge in [-0.1, -0.05) is 34.1 Å². The molecule has 4 heteroatoms. The van der Waals surface area contributed by atoms with Crippen LogP contribution in [0.15, 0.2) is 36.4 Å². The third-order valence-electron chi connectivity index (χ3n) is 2.96. The van der Waals surface area contributed by atoms with Gasteiger partial charge in [0.15, 0.2) is 0 Å². The largest absolute Gasteiger partial charge is 0.496 e. The molecule has 0 aliphatic carbocycles. The molecule has 0 heterocycles. The molecule has 0 radical (unpaired) electrons. The minimum absolute atomic E-state index is 0.386. The van der Waals surface area contributed by atoms with Crippen molar-refractivity contribution in [1.29, 1.82) is 0 Å². The molecular weight excluding hydrogens is 314 g/mol. The molecule has 0 bridgehead atoms. The fourth-order valence-electron chi connectivity index (χ4n) is 1.92. The molecular formula is C15H13BrF2O. The molecule has 1 atom stereocenters. The standard InChI is InChI=1S/C15H13BrF2O/c1-9-7-11(13(18)8-12(9)17)15(16)10-5-3-4-6-14(10)19-2/h3-8,15H,1-2H3. The van der Waals surface area contributed by atoms with Crippen molar-refractivity contribution >= 4 is 15.9 Å². The summed E-state index contributed by atoms with van der Waals surface area (Å²) in [4.78, 5) is -0.386. The van der Waals surface area contributed by atoms with Gasteiger partial charge in [0.2, 0.25) is 0 Å². The molecule has 1 nitrogen and oxygen atoms in total. The number of ether oxygens (including phenoxy) is 1. The van der Waals surface area contributed by atoms with Crippen molar-refractivity contribution in [3.63, 3.8) is 0 Å². The zero-order valence-corrected chi connectivity index (χ0v) is 12.2. The Balaban J connectivity index is 2.50. The van der Waals surface area contributed by atoms with Crippen LogP contribution in [0.3, 0.4) is 0 Å². The second-order valence-corrected chi connectivity index (χ2v) is 5.14. The zero-order chi connectivity index (χ0) is 14.0. The van der Waals surface area contributed by atoms with Crippen LogP contribution in [0.4, 0.5) is 8.78 Å². The lowest BCUT2D eigenvalue weighted by Gasteiger charge is -2.16. The number of para-hydroxylation sites is 1. The molecule has 0 N–H and O–H groups in total. The Morgan fingerprint density at radius 2 is 1.74 bits per heavy atom. The number of hydrogen-bond donors (Lipinski definition) is 0. The second kappa shape index (κ2) is 5.70. The number of methoxy groups -OCH3 is 1. The molecule has 0 saturated heterocycles. The van der Waals surface area contributed by atoms with Crippen LogP contribution in [0.5, 0.6) is 5.75 Å². The van der Waals surface area contributed by atoms with Crippen molar-refractivity contribution in [2.75, 3.05) is 7.11 Å². The highest BCUT2D eigenvalue weighted by Gasteiger charge is 2.19. The molecule has 2 aromatic rings. The van der Waals surface area contributed by atoms with Crippen LogP contribution in [0.25, 0.3) is 0 Å². The summed E-state index contributed by atoms with van der Waals surface area (Å²) >= 11 is 3.45. The van der Waals surface area contributed by atoms with E-state index in [0.717, 1.165) is 11.6 Å². The number of aryl methyl sites for hydroxylation is 1. The Hall–Kier alpha value is -1.42. The normalized spacial score (nSPS) is 12.3. The van der Waals surface area contributed by atoms with E-state index in [2.05, 4.69) is 15.9 Å². The van der Waals surface area contributed by atoms with Gasteiger partial charge < -0.3 is 4.74 Å². The van der Waals surface area contributed by atoms with Gasteiger partial charge in [-0.05, 0) is 24.6 Å². The van der Waals surface area contributed by atoms with Gasteiger partial charge in [-0.3, -0.25) is 0 Å². The summed E-state index contributed by atoms with van der Waals surface area (Å²) in [6.45, 7) is 1.61. The van der Waals surface area contributed by atoms with E-state index in [1.807, 2.05) is 18.2 Å². The summed E-state index contributed by atoms with van der Waals surface area (Å²) in [5.41, 5.74) is 1.61. The average Bonchev–Trinajstić information content (AvgIpc) is 2.42. The molecule has 0 fully saturated rings. The predicted octanol–water partition coefficient (Wildman–Crippen LogP) is 4.77. The molecule has 2 rings (SSSR count). The van der Waals surface area contributed by atoms with E-state index in [9.17, 15) is 8.78 Å². The zero-order valence-electron chi connectivity index (χ0n) is 10.6. The van der Waals surface area contributed by atoms with Crippen LogP contribution >= 0.6 is 15.9 Å². The van der Waals surface area contributed by atoms with Crippen LogP contribution in [-0.4, -0.2) is 7.11 Å². The van der Waals surface area contributed by atoms with E-state index in [1.165, 1.54) is 6.07 Å². The summed E-state index contributed by atoms with van der Waals surface area (Å²) in [5.74, 6) is -0.456. The van der Waals surface area contributed by atoms with Gasteiger partial charge in [-0.15, -0.1) is 0 Å². The lowest BCUT2D eigenvalue weighted by atomic mass is 10.0. The highest BCUT2D eigenvalue weighted by molar-refractivity contribution is 9.09. The Morgan fingerprint density at radius 3 is 2.42 bits per heavy atom. The van der Waals surface area contributed by atoms with Crippen LogP contribution < -0.4 is 4.74 Å². The van der Waals surface area contributed by atoms with E-state index >= 15 is 0 Å². The SMILES string of the molecule is COc1ccccc1C(Br)c1cc(C)c(F)cc1F. The van der Waals surface area contributed by atoms with E-state index in [1.54, 1.807) is 20.1 Å². The predicted molar refractivity (Wildman–Crippen MR) is 74.9 cm³/mol. The van der Waals surface area contributed by atoms with Crippen molar-refractivity contribution in [3.8, 4) is 5.75 Å². The van der Waals surface area contributed by atoms with Crippen LogP contribution in [-0.2, 0) is 0 Å². The van der Waals surface area contributed by atoms with Gasteiger partial charge >= 0.3 is 0 Å². The highest BCUT2D eigenvalue weighted by atomic mass is 79.9. The van der Waals surface area contributed by atoms with Crippen molar-refractivity contribution in [2.45, 2.75) is 11.8 Å². The first-order chi connectivity index (χ1) is 9.04. The summed E-state index contributed by atoms with van der Waals surface area (Å²) in [7, 11) is 1.56. The third-order valence-corrected chi connectivity index (χ3v) is 3.95. The topological polar surface area (TPSA) is 9.23 Å². The number of benzene rings is 2. The monoisotopic (exact) mass is 326 g/mol. The first-order valence-electron chi connectivity index (χ1n) is 5.77. The lowest BCUT2D eigenvalue weighted by molar-refractivity contribution is 0.410. The minimum Gasteiger partial charge on any atom is -0.496 e. The molecule has 0 aromatic heterocycles. The van der Waals surface area contributed by atoms with Gasteiger partial charge in [-0.2, -0.15) is 0 Å². The van der Waals surface area contributed by atoms with Gasteiger partial charge in [0.25, 0.3) is 0 Å². The van der Waals surface area contributed by atoms with Gasteiger partial charge in [-0.25, -0.2) is 8.78 Å². The first-order valence-corrected chi connectivity index (χ1v) is 6.68. The molecule has 0 aliphatic rings. The minimum atomic E-state index is -0.573. The van der Waals surface area contributed by atoms with E-state index in [4.69, 9.17) is 4.74 Å². The van der Waals surface area contributed by atoms with Gasteiger partial charge in [0.1, 0.15) is 17.4 Å². The van der Waals surface area contributed by atoms with Crippen molar-refractivity contribution < 1.29 is 13.5 Å². The average molecular weight is 327 g/mol. The van der Waals surface area contributed by atoms with Crippen molar-refractivity contribution in [3.05, 3.63) is 64.7 Å². The second-order valence-electron chi connectivity index (χ2n) is 4.23. The maximum atomic E-state index is 13.9. The number of halogens is 3. The van der Waals surface area contributed by atoms with Crippen LogP contribution in [0, 0.1) is 18.6 Å². The lowest BCUT2D eigenvalue weighted by Crippen LogP contribution is -2.01. The number of rotatable bonds is 3. The Bertz CT molecular complexity index is 599. The molecule has 19 heavy (non-hydrogen) atoms. The van der Waals surface area contributed by atoms with E-state index in [0.29, 0.717) is 16.9 Å². The number of alkyl halides is 1. The summed E-state index contributed by atoms with van der Waals surface area (Å²) < 4.78 is 32.4. The van der Waals surface area contributed by atoms with Crippen LogP contribution in [0.2, 0.25) is 0 Å². The third kappa shape index (κ3) is 2.78. The Kier molecular flexibility index (Phi) is 4.20. The smallest absolute Gasteiger partial charge is 0.130 e.